The van der Waals surface area contributed by atoms with Crippen LogP contribution in [0.1, 0.15) is 46.3 Å². The van der Waals surface area contributed by atoms with Crippen LogP contribution in [0.2, 0.25) is 0 Å². The summed E-state index contributed by atoms with van der Waals surface area (Å²) in [6.07, 6.45) is 5.10. The van der Waals surface area contributed by atoms with Crippen molar-refractivity contribution in [3.63, 3.8) is 0 Å². The van der Waals surface area contributed by atoms with Crippen molar-refractivity contribution in [1.29, 1.82) is 0 Å². The van der Waals surface area contributed by atoms with Gasteiger partial charge >= 0.3 is 0 Å². The molecule has 0 aromatic heterocycles. The molecule has 1 unspecified atom stereocenters. The quantitative estimate of drug-likeness (QED) is 0.806. The lowest BCUT2D eigenvalue weighted by Gasteiger charge is -2.24. The van der Waals surface area contributed by atoms with Crippen LogP contribution in [-0.4, -0.2) is 29.3 Å². The highest BCUT2D eigenvalue weighted by Gasteiger charge is 2.34. The van der Waals surface area contributed by atoms with Gasteiger partial charge in [-0.2, -0.15) is 0 Å². The molecule has 2 aromatic rings. The largest absolute Gasteiger partial charge is 0.350 e. The Labute approximate surface area is 168 Å². The molecule has 4 rings (SSSR count). The van der Waals surface area contributed by atoms with Gasteiger partial charge in [0.2, 0.25) is 5.91 Å². The Morgan fingerprint density at radius 3 is 2.63 bits per heavy atom. The number of likely N-dealkylation sites (tertiary alicyclic amines) is 1. The average molecular weight is 427 g/mol. The topological polar surface area (TPSA) is 49.4 Å². The maximum atomic E-state index is 12.8. The monoisotopic (exact) mass is 426 g/mol. The van der Waals surface area contributed by atoms with Crippen LogP contribution in [0.15, 0.2) is 46.9 Å². The van der Waals surface area contributed by atoms with E-state index in [0.717, 1.165) is 35.7 Å². The van der Waals surface area contributed by atoms with E-state index in [1.165, 1.54) is 17.5 Å². The molecular formula is C22H23BrN2O2. The number of nitrogens with one attached hydrogen (secondary N) is 1. The van der Waals surface area contributed by atoms with Crippen LogP contribution >= 0.6 is 15.9 Å². The molecule has 2 aromatic carbocycles. The first-order valence-electron chi connectivity index (χ1n) is 9.57. The number of fused-ring (bicyclic) bond motifs is 1. The molecule has 140 valence electrons. The van der Waals surface area contributed by atoms with Crippen molar-refractivity contribution in [2.45, 2.75) is 44.7 Å². The lowest BCUT2D eigenvalue weighted by atomic mass is 10.1. The molecule has 1 aliphatic carbocycles. The summed E-state index contributed by atoms with van der Waals surface area (Å²) < 4.78 is 0.934. The fourth-order valence-corrected chi connectivity index (χ4v) is 4.35. The molecule has 1 heterocycles. The predicted octanol–water partition coefficient (Wildman–Crippen LogP) is 3.86. The van der Waals surface area contributed by atoms with Crippen molar-refractivity contribution in [2.75, 3.05) is 6.54 Å². The van der Waals surface area contributed by atoms with Crippen LogP contribution in [0, 0.1) is 0 Å². The first-order valence-corrected chi connectivity index (χ1v) is 10.4. The number of hydrogen-bond donors (Lipinski definition) is 1. The van der Waals surface area contributed by atoms with E-state index in [4.69, 9.17) is 0 Å². The maximum absolute atomic E-state index is 12.8. The van der Waals surface area contributed by atoms with Gasteiger partial charge in [0.1, 0.15) is 6.04 Å². The molecule has 1 atom stereocenters. The SMILES string of the molecule is O=C(NCc1ccc2c(c1)CCC2)C1CCCN1C(=O)c1ccc(Br)cc1. The van der Waals surface area contributed by atoms with Gasteiger partial charge in [-0.3, -0.25) is 9.59 Å². The molecule has 1 aliphatic heterocycles. The van der Waals surface area contributed by atoms with Crippen molar-refractivity contribution >= 4 is 27.7 Å². The highest BCUT2D eigenvalue weighted by molar-refractivity contribution is 9.10. The summed E-state index contributed by atoms with van der Waals surface area (Å²) in [6, 6.07) is 13.4. The van der Waals surface area contributed by atoms with Crippen molar-refractivity contribution in [3.05, 3.63) is 69.2 Å². The summed E-state index contributed by atoms with van der Waals surface area (Å²) in [4.78, 5) is 27.3. The Morgan fingerprint density at radius 2 is 1.81 bits per heavy atom. The molecule has 1 saturated heterocycles. The number of benzene rings is 2. The number of hydrogen-bond acceptors (Lipinski definition) is 2. The fourth-order valence-electron chi connectivity index (χ4n) is 4.08. The molecule has 1 N–H and O–H groups in total. The van der Waals surface area contributed by atoms with Gasteiger partial charge in [0.05, 0.1) is 0 Å². The van der Waals surface area contributed by atoms with Gasteiger partial charge in [-0.05, 0) is 73.1 Å². The third-order valence-corrected chi connectivity index (χ3v) is 6.07. The van der Waals surface area contributed by atoms with Gasteiger partial charge in [0.25, 0.3) is 5.91 Å². The van der Waals surface area contributed by atoms with Crippen LogP contribution < -0.4 is 5.32 Å². The third kappa shape index (κ3) is 3.93. The third-order valence-electron chi connectivity index (χ3n) is 5.54. The first kappa shape index (κ1) is 18.2. The summed E-state index contributed by atoms with van der Waals surface area (Å²) in [7, 11) is 0. The molecule has 0 radical (unpaired) electrons. The van der Waals surface area contributed by atoms with Crippen LogP contribution in [0.3, 0.4) is 0 Å². The average Bonchev–Trinajstić information content (AvgIpc) is 3.35. The van der Waals surface area contributed by atoms with Gasteiger partial charge in [0.15, 0.2) is 0 Å². The zero-order valence-electron chi connectivity index (χ0n) is 15.2. The summed E-state index contributed by atoms with van der Waals surface area (Å²) in [5.41, 5.74) is 4.60. The Kier molecular flexibility index (Phi) is 5.30. The van der Waals surface area contributed by atoms with Crippen LogP contribution in [0.5, 0.6) is 0 Å². The van der Waals surface area contributed by atoms with E-state index >= 15 is 0 Å². The number of carbonyl (C=O) groups is 2. The van der Waals surface area contributed by atoms with Gasteiger partial charge in [-0.15, -0.1) is 0 Å². The van der Waals surface area contributed by atoms with Gasteiger partial charge in [-0.1, -0.05) is 34.1 Å². The number of nitrogens with zero attached hydrogens (tertiary/aromatic N) is 1. The number of carbonyl (C=O) groups excluding carboxylic acids is 2. The van der Waals surface area contributed by atoms with Crippen LogP contribution in [0.25, 0.3) is 0 Å². The molecule has 4 nitrogen and oxygen atoms in total. The Morgan fingerprint density at radius 1 is 1.04 bits per heavy atom. The summed E-state index contributed by atoms with van der Waals surface area (Å²) in [5, 5.41) is 3.04. The van der Waals surface area contributed by atoms with E-state index in [1.807, 2.05) is 12.1 Å². The number of halogens is 1. The van der Waals surface area contributed by atoms with E-state index in [-0.39, 0.29) is 17.9 Å². The Balaban J connectivity index is 1.40. The molecule has 1 fully saturated rings. The van der Waals surface area contributed by atoms with E-state index < -0.39 is 0 Å². The van der Waals surface area contributed by atoms with Crippen LogP contribution in [-0.2, 0) is 24.2 Å². The Bertz CT molecular complexity index is 863. The lowest BCUT2D eigenvalue weighted by Crippen LogP contribution is -2.45. The second-order valence-electron chi connectivity index (χ2n) is 7.34. The second-order valence-corrected chi connectivity index (χ2v) is 8.25. The van der Waals surface area contributed by atoms with Crippen molar-refractivity contribution in [3.8, 4) is 0 Å². The predicted molar refractivity (Wildman–Crippen MR) is 109 cm³/mol. The first-order chi connectivity index (χ1) is 13.1. The lowest BCUT2D eigenvalue weighted by molar-refractivity contribution is -0.125. The molecule has 2 aliphatic rings. The van der Waals surface area contributed by atoms with E-state index in [1.54, 1.807) is 17.0 Å². The molecular weight excluding hydrogens is 404 g/mol. The Hall–Kier alpha value is -2.14. The molecule has 2 amide bonds. The molecule has 0 saturated carbocycles. The molecule has 0 spiro atoms. The van der Waals surface area contributed by atoms with Crippen molar-refractivity contribution in [1.82, 2.24) is 10.2 Å². The highest BCUT2D eigenvalue weighted by atomic mass is 79.9. The fraction of sp³-hybridized carbons (Fsp3) is 0.364. The molecule has 5 heteroatoms. The van der Waals surface area contributed by atoms with Crippen LogP contribution in [0.4, 0.5) is 0 Å². The van der Waals surface area contributed by atoms with E-state index in [0.29, 0.717) is 18.7 Å². The number of aryl methyl sites for hydroxylation is 2. The minimum Gasteiger partial charge on any atom is -0.350 e. The van der Waals surface area contributed by atoms with Gasteiger partial charge < -0.3 is 10.2 Å². The van der Waals surface area contributed by atoms with E-state index in [9.17, 15) is 9.59 Å². The second kappa shape index (κ2) is 7.85. The summed E-state index contributed by atoms with van der Waals surface area (Å²) >= 11 is 3.39. The number of amides is 2. The van der Waals surface area contributed by atoms with Gasteiger partial charge in [0, 0.05) is 23.1 Å². The number of rotatable bonds is 4. The smallest absolute Gasteiger partial charge is 0.254 e. The molecule has 0 bridgehead atoms. The van der Waals surface area contributed by atoms with Gasteiger partial charge in [-0.25, -0.2) is 0 Å². The van der Waals surface area contributed by atoms with Crippen molar-refractivity contribution in [2.24, 2.45) is 0 Å². The summed E-state index contributed by atoms with van der Waals surface area (Å²) in [6.45, 7) is 1.15. The zero-order valence-corrected chi connectivity index (χ0v) is 16.8. The molecule has 27 heavy (non-hydrogen) atoms. The van der Waals surface area contributed by atoms with E-state index in [2.05, 4.69) is 39.4 Å². The standard InChI is InChI=1S/C22H23BrN2O2/c23-19-10-8-17(9-11-19)22(27)25-12-2-5-20(25)21(26)24-14-15-6-7-16-3-1-4-18(16)13-15/h6-11,13,20H,1-5,12,14H2,(H,24,26). The highest BCUT2D eigenvalue weighted by Crippen LogP contribution is 2.24. The maximum Gasteiger partial charge on any atom is 0.254 e. The normalized spacial score (nSPS) is 18.4. The minimum atomic E-state index is -0.379. The zero-order chi connectivity index (χ0) is 18.8. The minimum absolute atomic E-state index is 0.0570. The summed E-state index contributed by atoms with van der Waals surface area (Å²) in [5.74, 6) is -0.129. The van der Waals surface area contributed by atoms with Crippen molar-refractivity contribution < 1.29 is 9.59 Å².